The van der Waals surface area contributed by atoms with Gasteiger partial charge in [0.1, 0.15) is 5.78 Å². The summed E-state index contributed by atoms with van der Waals surface area (Å²) in [7, 11) is 0. The van der Waals surface area contributed by atoms with Crippen LogP contribution in [-0.4, -0.2) is 18.4 Å². The van der Waals surface area contributed by atoms with Crippen LogP contribution in [0.3, 0.4) is 0 Å². The summed E-state index contributed by atoms with van der Waals surface area (Å²) in [5, 5.41) is 3.47. The molecular weight excluding hydrogens is 186 g/mol. The number of Topliss-reactive ketones (excluding diaryl/α,β-unsaturated/α-hetero) is 1. The van der Waals surface area contributed by atoms with Gasteiger partial charge in [-0.05, 0) is 32.2 Å². The molecule has 0 amide bonds. The molecule has 1 unspecified atom stereocenters. The number of hydrogen-bond acceptors (Lipinski definition) is 2. The molecule has 0 aromatic carbocycles. The van der Waals surface area contributed by atoms with E-state index in [1.54, 1.807) is 0 Å². The van der Waals surface area contributed by atoms with Crippen molar-refractivity contribution in [3.8, 4) is 0 Å². The summed E-state index contributed by atoms with van der Waals surface area (Å²) in [5.41, 5.74) is 1.07. The van der Waals surface area contributed by atoms with E-state index in [4.69, 9.17) is 0 Å². The van der Waals surface area contributed by atoms with E-state index in [1.165, 1.54) is 19.3 Å². The van der Waals surface area contributed by atoms with Gasteiger partial charge in [-0.3, -0.25) is 4.79 Å². The number of rotatable bonds is 6. The number of nitrogens with one attached hydrogen (secondary N) is 1. The Kier molecular flexibility index (Phi) is 5.62. The van der Waals surface area contributed by atoms with Crippen LogP contribution in [0.4, 0.5) is 0 Å². The summed E-state index contributed by atoms with van der Waals surface area (Å²) in [5.74, 6) is 0.356. The van der Waals surface area contributed by atoms with E-state index in [9.17, 15) is 4.79 Å². The van der Waals surface area contributed by atoms with Crippen molar-refractivity contribution in [2.24, 2.45) is 0 Å². The molecule has 1 N–H and O–H groups in total. The molecule has 0 aliphatic carbocycles. The molecule has 0 spiro atoms. The summed E-state index contributed by atoms with van der Waals surface area (Å²) in [6.45, 7) is 7.05. The third-order valence-electron chi connectivity index (χ3n) is 3.13. The lowest BCUT2D eigenvalue weighted by Crippen LogP contribution is -2.34. The predicted molar refractivity (Wildman–Crippen MR) is 63.9 cm³/mol. The van der Waals surface area contributed by atoms with E-state index >= 15 is 0 Å². The zero-order valence-electron chi connectivity index (χ0n) is 9.85. The zero-order valence-corrected chi connectivity index (χ0v) is 9.85. The normalized spacial score (nSPS) is 21.3. The Hall–Kier alpha value is -0.630. The molecule has 1 aliphatic heterocycles. The van der Waals surface area contributed by atoms with Crippen LogP contribution in [0, 0.1) is 0 Å². The maximum absolute atomic E-state index is 11.6. The third-order valence-corrected chi connectivity index (χ3v) is 3.13. The van der Waals surface area contributed by atoms with Crippen LogP contribution in [0.2, 0.25) is 0 Å². The monoisotopic (exact) mass is 209 g/mol. The minimum Gasteiger partial charge on any atom is -0.314 e. The minimum atomic E-state index is 0.356. The van der Waals surface area contributed by atoms with Crippen molar-refractivity contribution in [3.63, 3.8) is 0 Å². The lowest BCUT2D eigenvalue weighted by atomic mass is 9.97. The molecule has 1 saturated heterocycles. The average molecular weight is 209 g/mol. The standard InChI is InChI=1S/C13H23NO/c1-3-11(2)10-13(15)8-7-12-6-4-5-9-14-12/h12,14H,2-10H2,1H3. The molecule has 0 bridgehead atoms. The highest BCUT2D eigenvalue weighted by molar-refractivity contribution is 5.80. The highest BCUT2D eigenvalue weighted by Crippen LogP contribution is 2.14. The van der Waals surface area contributed by atoms with Crippen LogP contribution in [0.1, 0.15) is 51.9 Å². The Morgan fingerprint density at radius 3 is 2.87 bits per heavy atom. The molecular formula is C13H23NO. The van der Waals surface area contributed by atoms with Crippen LogP contribution < -0.4 is 5.32 Å². The average Bonchev–Trinajstić information content (AvgIpc) is 2.27. The van der Waals surface area contributed by atoms with Gasteiger partial charge in [0.2, 0.25) is 0 Å². The Balaban J connectivity index is 2.12. The van der Waals surface area contributed by atoms with E-state index in [2.05, 4.69) is 18.8 Å². The van der Waals surface area contributed by atoms with Crippen molar-refractivity contribution in [1.29, 1.82) is 0 Å². The van der Waals surface area contributed by atoms with E-state index in [-0.39, 0.29) is 0 Å². The summed E-state index contributed by atoms with van der Waals surface area (Å²) < 4.78 is 0. The second-order valence-electron chi connectivity index (χ2n) is 4.50. The first-order valence-corrected chi connectivity index (χ1v) is 6.14. The molecule has 2 heteroatoms. The first kappa shape index (κ1) is 12.4. The summed E-state index contributed by atoms with van der Waals surface area (Å²) in [6.07, 6.45) is 7.08. The van der Waals surface area contributed by atoms with Crippen molar-refractivity contribution in [2.75, 3.05) is 6.54 Å². The van der Waals surface area contributed by atoms with Crippen LogP contribution in [-0.2, 0) is 4.79 Å². The van der Waals surface area contributed by atoms with E-state index in [1.807, 2.05) is 0 Å². The summed E-state index contributed by atoms with van der Waals surface area (Å²) in [4.78, 5) is 11.6. The van der Waals surface area contributed by atoms with Crippen molar-refractivity contribution in [1.82, 2.24) is 5.32 Å². The van der Waals surface area contributed by atoms with Gasteiger partial charge < -0.3 is 5.32 Å². The number of carbonyl (C=O) groups excluding carboxylic acids is 1. The maximum atomic E-state index is 11.6. The molecule has 0 aromatic heterocycles. The highest BCUT2D eigenvalue weighted by Gasteiger charge is 2.13. The lowest BCUT2D eigenvalue weighted by molar-refractivity contribution is -0.118. The first-order valence-electron chi connectivity index (χ1n) is 6.14. The van der Waals surface area contributed by atoms with Crippen molar-refractivity contribution in [2.45, 2.75) is 57.9 Å². The Morgan fingerprint density at radius 2 is 2.27 bits per heavy atom. The van der Waals surface area contributed by atoms with Crippen molar-refractivity contribution < 1.29 is 4.79 Å². The number of allylic oxidation sites excluding steroid dienone is 1. The lowest BCUT2D eigenvalue weighted by Gasteiger charge is -2.23. The molecule has 1 aliphatic rings. The van der Waals surface area contributed by atoms with Crippen LogP contribution in [0.5, 0.6) is 0 Å². The van der Waals surface area contributed by atoms with Gasteiger partial charge in [0.25, 0.3) is 0 Å². The van der Waals surface area contributed by atoms with Gasteiger partial charge >= 0.3 is 0 Å². The molecule has 15 heavy (non-hydrogen) atoms. The van der Waals surface area contributed by atoms with E-state index < -0.39 is 0 Å². The van der Waals surface area contributed by atoms with Gasteiger partial charge in [-0.25, -0.2) is 0 Å². The topological polar surface area (TPSA) is 29.1 Å². The molecule has 86 valence electrons. The molecule has 0 saturated carbocycles. The first-order chi connectivity index (χ1) is 7.22. The fourth-order valence-electron chi connectivity index (χ4n) is 2.00. The van der Waals surface area contributed by atoms with E-state index in [0.29, 0.717) is 18.2 Å². The second-order valence-corrected chi connectivity index (χ2v) is 4.50. The number of carbonyl (C=O) groups is 1. The molecule has 1 heterocycles. The van der Waals surface area contributed by atoms with Crippen LogP contribution in [0.15, 0.2) is 12.2 Å². The van der Waals surface area contributed by atoms with Gasteiger partial charge in [0.15, 0.2) is 0 Å². The zero-order chi connectivity index (χ0) is 11.1. The van der Waals surface area contributed by atoms with E-state index in [0.717, 1.165) is 31.4 Å². The molecule has 1 rings (SSSR count). The Morgan fingerprint density at radius 1 is 1.47 bits per heavy atom. The van der Waals surface area contributed by atoms with Gasteiger partial charge in [0.05, 0.1) is 0 Å². The van der Waals surface area contributed by atoms with Crippen molar-refractivity contribution in [3.05, 3.63) is 12.2 Å². The predicted octanol–water partition coefficient (Wildman–Crippen LogP) is 2.83. The van der Waals surface area contributed by atoms with Gasteiger partial charge in [-0.15, -0.1) is 0 Å². The number of ketones is 1. The van der Waals surface area contributed by atoms with Crippen LogP contribution in [0.25, 0.3) is 0 Å². The third kappa shape index (κ3) is 5.12. The smallest absolute Gasteiger partial charge is 0.136 e. The number of hydrogen-bond donors (Lipinski definition) is 1. The quantitative estimate of drug-likeness (QED) is 0.682. The van der Waals surface area contributed by atoms with Gasteiger partial charge in [0, 0.05) is 18.9 Å². The fourth-order valence-corrected chi connectivity index (χ4v) is 2.00. The summed E-state index contributed by atoms with van der Waals surface area (Å²) in [6, 6.07) is 0.581. The molecule has 0 radical (unpaired) electrons. The van der Waals surface area contributed by atoms with Crippen molar-refractivity contribution >= 4 is 5.78 Å². The largest absolute Gasteiger partial charge is 0.314 e. The maximum Gasteiger partial charge on any atom is 0.136 e. The Bertz CT molecular complexity index is 217. The molecule has 2 nitrogen and oxygen atoms in total. The SMILES string of the molecule is C=C(CC)CC(=O)CCC1CCCCN1. The fraction of sp³-hybridized carbons (Fsp3) is 0.769. The second kappa shape index (κ2) is 6.78. The minimum absolute atomic E-state index is 0.356. The van der Waals surface area contributed by atoms with Crippen LogP contribution >= 0.6 is 0 Å². The number of piperidine rings is 1. The molecule has 0 aromatic rings. The molecule has 1 atom stereocenters. The summed E-state index contributed by atoms with van der Waals surface area (Å²) >= 11 is 0. The van der Waals surface area contributed by atoms with Gasteiger partial charge in [-0.1, -0.05) is 25.5 Å². The highest BCUT2D eigenvalue weighted by atomic mass is 16.1. The Labute approximate surface area is 93.1 Å². The van der Waals surface area contributed by atoms with Gasteiger partial charge in [-0.2, -0.15) is 0 Å². The molecule has 1 fully saturated rings.